The smallest absolute Gasteiger partial charge is 0 e. The second-order valence-corrected chi connectivity index (χ2v) is 10.7. The van der Waals surface area contributed by atoms with Gasteiger partial charge in [0.05, 0.1) is 0 Å². The molecule has 27 heavy (non-hydrogen) atoms. The van der Waals surface area contributed by atoms with Crippen LogP contribution in [0.5, 0.6) is 0 Å². The van der Waals surface area contributed by atoms with Crippen molar-refractivity contribution in [2.75, 3.05) is 0 Å². The van der Waals surface area contributed by atoms with Gasteiger partial charge in [-0.15, -0.1) is 24.0 Å². The molecule has 0 radical (unpaired) electrons. The first-order valence-corrected chi connectivity index (χ1v) is 11.2. The Balaban J connectivity index is 0.000000969. The topological polar surface area (TPSA) is 0 Å². The molecule has 0 nitrogen and oxygen atoms in total. The zero-order valence-corrected chi connectivity index (χ0v) is 21.9. The van der Waals surface area contributed by atoms with E-state index in [1.165, 1.54) is 11.1 Å². The summed E-state index contributed by atoms with van der Waals surface area (Å²) >= 11 is 0. The van der Waals surface area contributed by atoms with E-state index in [0.717, 1.165) is 0 Å². The molecule has 2 unspecified atom stereocenters. The van der Waals surface area contributed by atoms with E-state index >= 15 is 0 Å². The molecule has 0 aliphatic carbocycles. The SMILES string of the molecule is CC(C)C(P)(c1ccc[c-]1C(P)(C(C)C)C(C)C)C(C)C.[Fe].[cH-]1[cH-][cH-][cH-][cH-]1. The van der Waals surface area contributed by atoms with Gasteiger partial charge in [-0.05, 0) is 34.0 Å². The summed E-state index contributed by atoms with van der Waals surface area (Å²) in [5, 5.41) is 0.287. The molecule has 0 heterocycles. The van der Waals surface area contributed by atoms with Crippen molar-refractivity contribution in [3.8, 4) is 0 Å². The summed E-state index contributed by atoms with van der Waals surface area (Å²) in [6, 6.07) is 17.0. The summed E-state index contributed by atoms with van der Waals surface area (Å²) in [5.41, 5.74) is 3.05. The molecule has 2 aromatic rings. The second kappa shape index (κ2) is 11.3. The van der Waals surface area contributed by atoms with Crippen LogP contribution in [0.3, 0.4) is 0 Å². The van der Waals surface area contributed by atoms with Crippen LogP contribution in [0.2, 0.25) is 0 Å². The molecule has 3 heteroatoms. The molecule has 0 saturated carbocycles. The minimum Gasteiger partial charge on any atom is -0.748 e. The van der Waals surface area contributed by atoms with Crippen molar-refractivity contribution in [1.82, 2.24) is 0 Å². The second-order valence-electron chi connectivity index (χ2n) is 8.80. The van der Waals surface area contributed by atoms with Crippen molar-refractivity contribution < 1.29 is 17.1 Å². The van der Waals surface area contributed by atoms with Crippen LogP contribution in [0.15, 0.2) is 48.5 Å². The molecule has 2 rings (SSSR count). The Labute approximate surface area is 184 Å². The van der Waals surface area contributed by atoms with Crippen molar-refractivity contribution in [1.29, 1.82) is 0 Å². The monoisotopic (exact) mass is 446 g/mol. The third-order valence-corrected chi connectivity index (χ3v) is 9.41. The Hall–Kier alpha value is 0.0795. The van der Waals surface area contributed by atoms with Crippen LogP contribution in [-0.2, 0) is 27.4 Å². The third-order valence-electron chi connectivity index (χ3n) is 6.13. The molecule has 0 aromatic heterocycles. The summed E-state index contributed by atoms with van der Waals surface area (Å²) in [4.78, 5) is 0. The molecule has 0 amide bonds. The molecule has 0 aliphatic heterocycles. The number of rotatable bonds is 6. The maximum atomic E-state index is 3.20. The fourth-order valence-electron chi connectivity index (χ4n) is 4.07. The summed E-state index contributed by atoms with van der Waals surface area (Å²) in [6.45, 7) is 18.8. The van der Waals surface area contributed by atoms with E-state index in [9.17, 15) is 0 Å². The van der Waals surface area contributed by atoms with Crippen LogP contribution in [-0.4, -0.2) is 0 Å². The van der Waals surface area contributed by atoms with E-state index in [0.29, 0.717) is 23.7 Å². The summed E-state index contributed by atoms with van der Waals surface area (Å²) < 4.78 is 0. The Bertz CT molecular complexity index is 547. The standard InChI is InChI=1S/C19H35P2.C5H5.Fe/c1-12(2)18(20,13(3)4)16-10-9-11-17(16)19(21,14(5)6)15(7)8;1-2-4-5-3-1;/h9-15H,20-21H2,1-8H3;1-5H;/q-1;-5;. The van der Waals surface area contributed by atoms with Crippen molar-refractivity contribution >= 4 is 18.5 Å². The van der Waals surface area contributed by atoms with Crippen molar-refractivity contribution in [3.63, 3.8) is 0 Å². The molecule has 2 atom stereocenters. The van der Waals surface area contributed by atoms with Crippen molar-refractivity contribution in [2.45, 2.75) is 65.7 Å². The van der Waals surface area contributed by atoms with E-state index in [2.05, 4.69) is 92.1 Å². The average molecular weight is 446 g/mol. The van der Waals surface area contributed by atoms with Gasteiger partial charge in [-0.3, -0.25) is 0 Å². The fraction of sp³-hybridized carbons (Fsp3) is 0.583. The summed E-state index contributed by atoms with van der Waals surface area (Å²) in [6.07, 6.45) is 0. The normalized spacial score (nSPS) is 12.4. The van der Waals surface area contributed by atoms with E-state index in [1.807, 2.05) is 30.3 Å². The Morgan fingerprint density at radius 3 is 1.41 bits per heavy atom. The Morgan fingerprint density at radius 2 is 1.11 bits per heavy atom. The zero-order chi connectivity index (χ0) is 20.1. The van der Waals surface area contributed by atoms with E-state index in [-0.39, 0.29) is 27.4 Å². The first-order valence-electron chi connectivity index (χ1n) is 10.0. The Kier molecular flexibility index (Phi) is 11.3. The third kappa shape index (κ3) is 5.80. The van der Waals surface area contributed by atoms with Crippen LogP contribution < -0.4 is 0 Å². The molecular formula is C24H40FeP2-6. The molecular weight excluding hydrogens is 406 g/mol. The van der Waals surface area contributed by atoms with Gasteiger partial charge in [0.25, 0.3) is 0 Å². The summed E-state index contributed by atoms with van der Waals surface area (Å²) in [7, 11) is 6.40. The first-order chi connectivity index (χ1) is 12.0. The van der Waals surface area contributed by atoms with Crippen LogP contribution in [0.25, 0.3) is 0 Å². The average Bonchev–Trinajstić information content (AvgIpc) is 3.26. The zero-order valence-electron chi connectivity index (χ0n) is 18.4. The van der Waals surface area contributed by atoms with E-state index < -0.39 is 0 Å². The molecule has 0 aliphatic rings. The predicted octanol–water partition coefficient (Wildman–Crippen LogP) is 7.57. The van der Waals surface area contributed by atoms with E-state index in [4.69, 9.17) is 0 Å². The number of hydrogen-bond donors (Lipinski definition) is 0. The van der Waals surface area contributed by atoms with Crippen LogP contribution in [0.1, 0.15) is 66.5 Å². The van der Waals surface area contributed by atoms with Crippen LogP contribution in [0, 0.1) is 23.7 Å². The fourth-order valence-corrected chi connectivity index (χ4v) is 4.58. The maximum absolute atomic E-state index is 3.20. The molecule has 0 spiro atoms. The van der Waals surface area contributed by atoms with Gasteiger partial charge in [0.15, 0.2) is 0 Å². The van der Waals surface area contributed by atoms with Gasteiger partial charge in [-0.2, -0.15) is 11.6 Å². The van der Waals surface area contributed by atoms with Crippen molar-refractivity contribution in [3.05, 3.63) is 59.7 Å². The molecule has 160 valence electrons. The largest absolute Gasteiger partial charge is 0.748 e. The molecule has 0 N–H and O–H groups in total. The molecule has 0 fully saturated rings. The van der Waals surface area contributed by atoms with Gasteiger partial charge < -0.3 is 30.3 Å². The first kappa shape index (κ1) is 27.1. The van der Waals surface area contributed by atoms with Gasteiger partial charge in [-0.1, -0.05) is 55.4 Å². The van der Waals surface area contributed by atoms with Gasteiger partial charge in [0, 0.05) is 17.1 Å². The quantitative estimate of drug-likeness (QED) is 0.244. The van der Waals surface area contributed by atoms with E-state index in [1.54, 1.807) is 0 Å². The van der Waals surface area contributed by atoms with Gasteiger partial charge in [-0.25, -0.2) is 12.1 Å². The molecule has 0 saturated heterocycles. The maximum Gasteiger partial charge on any atom is 0 e. The van der Waals surface area contributed by atoms with Crippen LogP contribution in [0.4, 0.5) is 0 Å². The molecule has 0 bridgehead atoms. The van der Waals surface area contributed by atoms with Crippen LogP contribution >= 0.6 is 18.5 Å². The summed E-state index contributed by atoms with van der Waals surface area (Å²) in [5.74, 6) is 2.38. The van der Waals surface area contributed by atoms with Crippen molar-refractivity contribution in [2.24, 2.45) is 23.7 Å². The van der Waals surface area contributed by atoms with Gasteiger partial charge >= 0.3 is 0 Å². The predicted molar refractivity (Wildman–Crippen MR) is 126 cm³/mol. The minimum atomic E-state index is 0. The van der Waals surface area contributed by atoms with Gasteiger partial charge in [0.2, 0.25) is 0 Å². The Morgan fingerprint density at radius 1 is 0.741 bits per heavy atom. The minimum absolute atomic E-state index is 0. The van der Waals surface area contributed by atoms with Gasteiger partial charge in [0.1, 0.15) is 0 Å². The molecule has 2 aromatic carbocycles. The number of hydrogen-bond acceptors (Lipinski definition) is 0.